The van der Waals surface area contributed by atoms with E-state index in [0.717, 1.165) is 11.4 Å². The Morgan fingerprint density at radius 1 is 0.409 bits per heavy atom. The fourth-order valence-electron chi connectivity index (χ4n) is 6.68. The topological polar surface area (TPSA) is 3.24 Å². The second kappa shape index (κ2) is 9.96. The van der Waals surface area contributed by atoms with Gasteiger partial charge in [0.25, 0.3) is 0 Å². The van der Waals surface area contributed by atoms with E-state index in [2.05, 4.69) is 172 Å². The van der Waals surface area contributed by atoms with Crippen molar-refractivity contribution in [2.75, 3.05) is 4.90 Å². The SMILES string of the molecule is Cc1cccc(N(c2ccccc2)c2ccc3cc4c(cc3c2)-c2cc3ccc(-c5ccc(C(C)(C)C)cc5)cc3cc2-4)c1. The zero-order valence-electron chi connectivity index (χ0n) is 25.7. The normalized spacial score (nSPS) is 12.1. The molecule has 0 radical (unpaired) electrons. The van der Waals surface area contributed by atoms with Gasteiger partial charge in [-0.15, -0.1) is 0 Å². The molecule has 8 rings (SSSR count). The first kappa shape index (κ1) is 26.5. The molecule has 7 aromatic carbocycles. The predicted octanol–water partition coefficient (Wildman–Crippen LogP) is 12.4. The van der Waals surface area contributed by atoms with E-state index in [1.165, 1.54) is 71.7 Å². The number of hydrogen-bond donors (Lipinski definition) is 0. The Morgan fingerprint density at radius 2 is 0.955 bits per heavy atom. The number of anilines is 3. The highest BCUT2D eigenvalue weighted by molar-refractivity contribution is 6.12. The lowest BCUT2D eigenvalue weighted by atomic mass is 9.77. The van der Waals surface area contributed by atoms with Crippen molar-refractivity contribution in [3.8, 4) is 33.4 Å². The molecule has 0 fully saturated rings. The molecule has 0 saturated carbocycles. The molecular formula is C43H35N. The van der Waals surface area contributed by atoms with Gasteiger partial charge >= 0.3 is 0 Å². The van der Waals surface area contributed by atoms with Crippen LogP contribution in [0.25, 0.3) is 54.9 Å². The van der Waals surface area contributed by atoms with Crippen LogP contribution in [0.15, 0.2) is 140 Å². The highest BCUT2D eigenvalue weighted by Gasteiger charge is 2.24. The van der Waals surface area contributed by atoms with Crippen molar-refractivity contribution in [1.82, 2.24) is 0 Å². The second-order valence-electron chi connectivity index (χ2n) is 13.2. The van der Waals surface area contributed by atoms with Crippen molar-refractivity contribution in [3.05, 3.63) is 151 Å². The Kier molecular flexibility index (Phi) is 6.00. The molecule has 1 aliphatic carbocycles. The summed E-state index contributed by atoms with van der Waals surface area (Å²) < 4.78 is 0. The van der Waals surface area contributed by atoms with Gasteiger partial charge in [-0.3, -0.25) is 0 Å². The highest BCUT2D eigenvalue weighted by atomic mass is 15.1. The van der Waals surface area contributed by atoms with Gasteiger partial charge in [-0.05, 0) is 145 Å². The molecule has 0 unspecified atom stereocenters. The molecule has 0 heterocycles. The van der Waals surface area contributed by atoms with Crippen molar-refractivity contribution < 1.29 is 0 Å². The van der Waals surface area contributed by atoms with Crippen LogP contribution in [-0.4, -0.2) is 0 Å². The van der Waals surface area contributed by atoms with Gasteiger partial charge < -0.3 is 4.90 Å². The lowest BCUT2D eigenvalue weighted by Gasteiger charge is -2.28. The quantitative estimate of drug-likeness (QED) is 0.205. The van der Waals surface area contributed by atoms with Crippen LogP contribution in [0.5, 0.6) is 0 Å². The van der Waals surface area contributed by atoms with Crippen molar-refractivity contribution in [2.24, 2.45) is 0 Å². The van der Waals surface area contributed by atoms with Gasteiger partial charge in [-0.1, -0.05) is 93.6 Å². The van der Waals surface area contributed by atoms with Crippen LogP contribution >= 0.6 is 0 Å². The fraction of sp³-hybridized carbons (Fsp3) is 0.116. The summed E-state index contributed by atoms with van der Waals surface area (Å²) in [7, 11) is 0. The average molecular weight is 566 g/mol. The molecule has 1 aliphatic rings. The molecule has 1 heteroatoms. The Bertz CT molecular complexity index is 2200. The molecule has 212 valence electrons. The smallest absolute Gasteiger partial charge is 0.0468 e. The van der Waals surface area contributed by atoms with Crippen LogP contribution in [0.4, 0.5) is 17.1 Å². The van der Waals surface area contributed by atoms with E-state index in [0.29, 0.717) is 0 Å². The molecule has 0 amide bonds. The molecule has 0 bridgehead atoms. The number of rotatable bonds is 4. The maximum atomic E-state index is 2.38. The van der Waals surface area contributed by atoms with Crippen molar-refractivity contribution in [3.63, 3.8) is 0 Å². The summed E-state index contributed by atoms with van der Waals surface area (Å²) in [6.07, 6.45) is 0. The van der Waals surface area contributed by atoms with Crippen LogP contribution in [0, 0.1) is 6.92 Å². The van der Waals surface area contributed by atoms with Gasteiger partial charge in [0.05, 0.1) is 0 Å². The summed E-state index contributed by atoms with van der Waals surface area (Å²) in [5.41, 5.74) is 14.2. The Balaban J connectivity index is 1.17. The van der Waals surface area contributed by atoms with Gasteiger partial charge in [-0.25, -0.2) is 0 Å². The fourth-order valence-corrected chi connectivity index (χ4v) is 6.68. The molecule has 0 atom stereocenters. The lowest BCUT2D eigenvalue weighted by Crippen LogP contribution is -2.10. The van der Waals surface area contributed by atoms with Gasteiger partial charge in [0, 0.05) is 17.1 Å². The molecule has 0 saturated heterocycles. The number of benzene rings is 7. The lowest BCUT2D eigenvalue weighted by molar-refractivity contribution is 0.590. The van der Waals surface area contributed by atoms with E-state index in [9.17, 15) is 0 Å². The molecule has 0 aliphatic heterocycles. The van der Waals surface area contributed by atoms with E-state index in [1.54, 1.807) is 0 Å². The number of nitrogens with zero attached hydrogens (tertiary/aromatic N) is 1. The van der Waals surface area contributed by atoms with Crippen LogP contribution < -0.4 is 4.90 Å². The highest BCUT2D eigenvalue weighted by Crippen LogP contribution is 2.51. The van der Waals surface area contributed by atoms with Gasteiger partial charge in [0.1, 0.15) is 0 Å². The van der Waals surface area contributed by atoms with E-state index in [4.69, 9.17) is 0 Å². The Morgan fingerprint density at radius 3 is 1.59 bits per heavy atom. The van der Waals surface area contributed by atoms with Crippen molar-refractivity contribution in [2.45, 2.75) is 33.1 Å². The third kappa shape index (κ3) is 4.48. The predicted molar refractivity (Wildman–Crippen MR) is 189 cm³/mol. The summed E-state index contributed by atoms with van der Waals surface area (Å²) in [6.45, 7) is 8.94. The van der Waals surface area contributed by atoms with E-state index in [1.807, 2.05) is 0 Å². The third-order valence-electron chi connectivity index (χ3n) is 9.13. The molecule has 7 aromatic rings. The summed E-state index contributed by atoms with van der Waals surface area (Å²) in [5, 5.41) is 5.10. The van der Waals surface area contributed by atoms with Gasteiger partial charge in [0.2, 0.25) is 0 Å². The maximum Gasteiger partial charge on any atom is 0.0468 e. The second-order valence-corrected chi connectivity index (χ2v) is 13.2. The zero-order chi connectivity index (χ0) is 30.0. The maximum absolute atomic E-state index is 2.38. The summed E-state index contributed by atoms with van der Waals surface area (Å²) >= 11 is 0. The van der Waals surface area contributed by atoms with Crippen molar-refractivity contribution in [1.29, 1.82) is 0 Å². The largest absolute Gasteiger partial charge is 0.310 e. The van der Waals surface area contributed by atoms with Crippen LogP contribution in [0.2, 0.25) is 0 Å². The number of para-hydroxylation sites is 1. The van der Waals surface area contributed by atoms with E-state index in [-0.39, 0.29) is 5.41 Å². The standard InChI is InChI=1S/C43H35N/c1-28-9-8-12-37(21-28)44(36-10-6-5-7-11-36)38-20-17-32-25-40-41-26-33-22-30(29-15-18-35(19-16-29)43(2,3)4)13-14-31(33)24-39(41)42(40)27-34(32)23-38/h5-27H,1-4H3. The molecule has 0 N–H and O–H groups in total. The molecular weight excluding hydrogens is 530 g/mol. The zero-order valence-corrected chi connectivity index (χ0v) is 25.7. The number of fused-ring (bicyclic) bond motifs is 6. The first-order valence-corrected chi connectivity index (χ1v) is 15.5. The molecule has 1 nitrogen and oxygen atoms in total. The van der Waals surface area contributed by atoms with E-state index < -0.39 is 0 Å². The van der Waals surface area contributed by atoms with E-state index >= 15 is 0 Å². The summed E-state index contributed by atoms with van der Waals surface area (Å²) in [5.74, 6) is 0. The summed E-state index contributed by atoms with van der Waals surface area (Å²) in [6, 6.07) is 51.7. The van der Waals surface area contributed by atoms with Gasteiger partial charge in [-0.2, -0.15) is 0 Å². The number of aryl methyl sites for hydroxylation is 1. The van der Waals surface area contributed by atoms with Crippen LogP contribution in [-0.2, 0) is 5.41 Å². The first-order valence-electron chi connectivity index (χ1n) is 15.5. The third-order valence-corrected chi connectivity index (χ3v) is 9.13. The minimum atomic E-state index is 0.158. The minimum absolute atomic E-state index is 0.158. The van der Waals surface area contributed by atoms with Crippen LogP contribution in [0.1, 0.15) is 31.9 Å². The molecule has 0 spiro atoms. The first-order chi connectivity index (χ1) is 21.3. The van der Waals surface area contributed by atoms with Gasteiger partial charge in [0.15, 0.2) is 0 Å². The Labute approximate surface area is 260 Å². The monoisotopic (exact) mass is 565 g/mol. The average Bonchev–Trinajstić information content (AvgIpc) is 3.03. The molecule has 44 heavy (non-hydrogen) atoms. The van der Waals surface area contributed by atoms with Crippen LogP contribution in [0.3, 0.4) is 0 Å². The minimum Gasteiger partial charge on any atom is -0.310 e. The summed E-state index contributed by atoms with van der Waals surface area (Å²) in [4.78, 5) is 2.35. The Hall–Kier alpha value is -5.14. The van der Waals surface area contributed by atoms with Crippen molar-refractivity contribution >= 4 is 38.6 Å². The molecule has 0 aromatic heterocycles. The number of hydrogen-bond acceptors (Lipinski definition) is 1.